The van der Waals surface area contributed by atoms with E-state index in [9.17, 15) is 13.2 Å². The number of halogens is 3. The van der Waals surface area contributed by atoms with E-state index in [2.05, 4.69) is 10.3 Å². The van der Waals surface area contributed by atoms with Crippen molar-refractivity contribution < 1.29 is 17.9 Å². The number of ether oxygens (including phenoxy) is 1. The molecule has 120 valence electrons. The SMILES string of the molecule is COc1ccc(CNc2ccc(C)c(C#N)n2)c(C(F)(F)F)c1. The lowest BCUT2D eigenvalue weighted by atomic mass is 10.1. The molecule has 0 amide bonds. The largest absolute Gasteiger partial charge is 0.497 e. The standard InChI is InChI=1S/C16H14F3N3O/c1-10-3-6-15(22-14(10)8-20)21-9-11-4-5-12(23-2)7-13(11)16(17,18)19/h3-7H,9H2,1-2H3,(H,21,22). The molecule has 0 spiro atoms. The highest BCUT2D eigenvalue weighted by molar-refractivity contribution is 5.45. The lowest BCUT2D eigenvalue weighted by molar-refractivity contribution is -0.138. The number of nitrogens with zero attached hydrogens (tertiary/aromatic N) is 2. The molecule has 0 fully saturated rings. The molecule has 1 heterocycles. The van der Waals surface area contributed by atoms with Crippen LogP contribution >= 0.6 is 0 Å². The van der Waals surface area contributed by atoms with E-state index >= 15 is 0 Å². The molecular weight excluding hydrogens is 307 g/mol. The molecule has 0 bridgehead atoms. The smallest absolute Gasteiger partial charge is 0.416 e. The minimum Gasteiger partial charge on any atom is -0.497 e. The molecule has 0 saturated carbocycles. The van der Waals surface area contributed by atoms with Crippen molar-refractivity contribution in [2.45, 2.75) is 19.6 Å². The van der Waals surface area contributed by atoms with Crippen molar-refractivity contribution in [2.24, 2.45) is 0 Å². The van der Waals surface area contributed by atoms with Crippen LogP contribution < -0.4 is 10.1 Å². The summed E-state index contributed by atoms with van der Waals surface area (Å²) >= 11 is 0. The number of aryl methyl sites for hydroxylation is 1. The van der Waals surface area contributed by atoms with Gasteiger partial charge in [0.15, 0.2) is 0 Å². The monoisotopic (exact) mass is 321 g/mol. The van der Waals surface area contributed by atoms with E-state index in [0.29, 0.717) is 11.4 Å². The molecule has 7 heteroatoms. The molecule has 1 aromatic carbocycles. The second-order valence-electron chi connectivity index (χ2n) is 4.85. The summed E-state index contributed by atoms with van der Waals surface area (Å²) in [6.07, 6.45) is -4.48. The van der Waals surface area contributed by atoms with E-state index in [0.717, 1.165) is 6.07 Å². The lowest BCUT2D eigenvalue weighted by Gasteiger charge is -2.15. The maximum Gasteiger partial charge on any atom is 0.416 e. The Balaban J connectivity index is 2.25. The molecule has 0 aliphatic carbocycles. The number of hydrogen-bond donors (Lipinski definition) is 1. The number of rotatable bonds is 4. The van der Waals surface area contributed by atoms with Gasteiger partial charge in [0.05, 0.1) is 12.7 Å². The van der Waals surface area contributed by atoms with Crippen molar-refractivity contribution in [1.29, 1.82) is 5.26 Å². The van der Waals surface area contributed by atoms with Crippen LogP contribution in [0.25, 0.3) is 0 Å². The minimum atomic E-state index is -4.48. The zero-order chi connectivity index (χ0) is 17.0. The molecular formula is C16H14F3N3O. The molecule has 0 atom stereocenters. The predicted molar refractivity (Wildman–Crippen MR) is 79.0 cm³/mol. The number of methoxy groups -OCH3 is 1. The fourth-order valence-electron chi connectivity index (χ4n) is 2.03. The van der Waals surface area contributed by atoms with Crippen LogP contribution in [0.1, 0.15) is 22.4 Å². The normalized spacial score (nSPS) is 11.0. The number of nitrogens with one attached hydrogen (secondary N) is 1. The number of benzene rings is 1. The van der Waals surface area contributed by atoms with Crippen molar-refractivity contribution in [1.82, 2.24) is 4.98 Å². The zero-order valence-electron chi connectivity index (χ0n) is 12.5. The van der Waals surface area contributed by atoms with Crippen LogP contribution in [-0.2, 0) is 12.7 Å². The van der Waals surface area contributed by atoms with E-state index in [1.54, 1.807) is 19.1 Å². The van der Waals surface area contributed by atoms with Crippen molar-refractivity contribution >= 4 is 5.82 Å². The predicted octanol–water partition coefficient (Wildman–Crippen LogP) is 3.90. The third-order valence-corrected chi connectivity index (χ3v) is 3.29. The Morgan fingerprint density at radius 2 is 2.00 bits per heavy atom. The fourth-order valence-corrected chi connectivity index (χ4v) is 2.03. The van der Waals surface area contributed by atoms with Crippen LogP contribution in [0.4, 0.5) is 19.0 Å². The molecule has 0 radical (unpaired) electrons. The van der Waals surface area contributed by atoms with E-state index < -0.39 is 11.7 Å². The molecule has 1 N–H and O–H groups in total. The number of pyridine rings is 1. The Kier molecular flexibility index (Phi) is 4.74. The fraction of sp³-hybridized carbons (Fsp3) is 0.250. The number of anilines is 1. The Hall–Kier alpha value is -2.75. The maximum atomic E-state index is 13.1. The quantitative estimate of drug-likeness (QED) is 0.928. The van der Waals surface area contributed by atoms with Gasteiger partial charge in [-0.15, -0.1) is 0 Å². The summed E-state index contributed by atoms with van der Waals surface area (Å²) < 4.78 is 44.2. The summed E-state index contributed by atoms with van der Waals surface area (Å²) in [6, 6.07) is 9.02. The van der Waals surface area contributed by atoms with Crippen LogP contribution in [0.5, 0.6) is 5.75 Å². The second-order valence-corrected chi connectivity index (χ2v) is 4.85. The third kappa shape index (κ3) is 3.92. The molecule has 2 rings (SSSR count). The van der Waals surface area contributed by atoms with E-state index in [1.807, 2.05) is 6.07 Å². The van der Waals surface area contributed by atoms with E-state index in [1.165, 1.54) is 19.2 Å². The Labute approximate surface area is 131 Å². The summed E-state index contributed by atoms with van der Waals surface area (Å²) in [5.41, 5.74) is 0.246. The topological polar surface area (TPSA) is 57.9 Å². The molecule has 23 heavy (non-hydrogen) atoms. The summed E-state index contributed by atoms with van der Waals surface area (Å²) in [7, 11) is 1.31. The molecule has 0 aliphatic rings. The lowest BCUT2D eigenvalue weighted by Crippen LogP contribution is -2.12. The highest BCUT2D eigenvalue weighted by atomic mass is 19.4. The van der Waals surface area contributed by atoms with Crippen LogP contribution in [-0.4, -0.2) is 12.1 Å². The van der Waals surface area contributed by atoms with Gasteiger partial charge in [-0.3, -0.25) is 0 Å². The van der Waals surface area contributed by atoms with Gasteiger partial charge < -0.3 is 10.1 Å². The summed E-state index contributed by atoms with van der Waals surface area (Å²) in [5, 5.41) is 11.7. The van der Waals surface area contributed by atoms with Crippen molar-refractivity contribution in [3.63, 3.8) is 0 Å². The van der Waals surface area contributed by atoms with Gasteiger partial charge in [0.2, 0.25) is 0 Å². The second kappa shape index (κ2) is 6.57. The number of hydrogen-bond acceptors (Lipinski definition) is 4. The van der Waals surface area contributed by atoms with Crippen molar-refractivity contribution in [3.8, 4) is 11.8 Å². The van der Waals surface area contributed by atoms with E-state index in [-0.39, 0.29) is 23.6 Å². The molecule has 2 aromatic rings. The molecule has 0 aliphatic heterocycles. The zero-order valence-corrected chi connectivity index (χ0v) is 12.5. The van der Waals surface area contributed by atoms with Gasteiger partial charge >= 0.3 is 6.18 Å². The highest BCUT2D eigenvalue weighted by Gasteiger charge is 2.33. The maximum absolute atomic E-state index is 13.1. The number of alkyl halides is 3. The molecule has 1 aromatic heterocycles. The summed E-state index contributed by atoms with van der Waals surface area (Å²) in [4.78, 5) is 4.05. The molecule has 0 unspecified atom stereocenters. The third-order valence-electron chi connectivity index (χ3n) is 3.29. The van der Waals surface area contributed by atoms with Crippen molar-refractivity contribution in [2.75, 3.05) is 12.4 Å². The number of aromatic nitrogens is 1. The average Bonchev–Trinajstić information content (AvgIpc) is 2.53. The van der Waals surface area contributed by atoms with Gasteiger partial charge in [0.1, 0.15) is 23.3 Å². The van der Waals surface area contributed by atoms with Crippen LogP contribution in [0.3, 0.4) is 0 Å². The first-order valence-electron chi connectivity index (χ1n) is 6.71. The van der Waals surface area contributed by atoms with Crippen LogP contribution in [0, 0.1) is 18.3 Å². The minimum absolute atomic E-state index is 0.0687. The summed E-state index contributed by atoms with van der Waals surface area (Å²) in [5.74, 6) is 0.484. The van der Waals surface area contributed by atoms with Gasteiger partial charge in [-0.2, -0.15) is 18.4 Å². The van der Waals surface area contributed by atoms with Gasteiger partial charge in [-0.05, 0) is 36.2 Å². The first kappa shape index (κ1) is 16.6. The van der Waals surface area contributed by atoms with Gasteiger partial charge in [-0.25, -0.2) is 4.98 Å². The Morgan fingerprint density at radius 3 is 2.61 bits per heavy atom. The Morgan fingerprint density at radius 1 is 1.26 bits per heavy atom. The molecule has 4 nitrogen and oxygen atoms in total. The van der Waals surface area contributed by atoms with Crippen LogP contribution in [0.15, 0.2) is 30.3 Å². The Bertz CT molecular complexity index is 751. The highest BCUT2D eigenvalue weighted by Crippen LogP contribution is 2.34. The average molecular weight is 321 g/mol. The van der Waals surface area contributed by atoms with Gasteiger partial charge in [0.25, 0.3) is 0 Å². The van der Waals surface area contributed by atoms with Crippen molar-refractivity contribution in [3.05, 3.63) is 52.7 Å². The number of nitriles is 1. The first-order chi connectivity index (χ1) is 10.8. The van der Waals surface area contributed by atoms with Crippen LogP contribution in [0.2, 0.25) is 0 Å². The molecule has 0 saturated heterocycles. The summed E-state index contributed by atoms with van der Waals surface area (Å²) in [6.45, 7) is 1.67. The van der Waals surface area contributed by atoms with Gasteiger partial charge in [0, 0.05) is 6.54 Å². The van der Waals surface area contributed by atoms with Gasteiger partial charge in [-0.1, -0.05) is 12.1 Å². The van der Waals surface area contributed by atoms with E-state index in [4.69, 9.17) is 10.00 Å². The first-order valence-corrected chi connectivity index (χ1v) is 6.71.